The third-order valence-electron chi connectivity index (χ3n) is 3.32. The second kappa shape index (κ2) is 6.90. The second-order valence-electron chi connectivity index (χ2n) is 4.43. The summed E-state index contributed by atoms with van der Waals surface area (Å²) in [5, 5.41) is 3.50. The van der Waals surface area contributed by atoms with Crippen molar-refractivity contribution >= 4 is 34.0 Å². The van der Waals surface area contributed by atoms with E-state index in [1.165, 1.54) is 4.31 Å². The van der Waals surface area contributed by atoms with E-state index in [9.17, 15) is 8.42 Å². The van der Waals surface area contributed by atoms with Crippen LogP contribution in [0.25, 0.3) is 0 Å². The Balaban J connectivity index is 0.00000180. The minimum Gasteiger partial charge on any atom is -0.317 e. The maximum atomic E-state index is 12.5. The van der Waals surface area contributed by atoms with Crippen molar-refractivity contribution in [2.75, 3.05) is 20.1 Å². The van der Waals surface area contributed by atoms with Crippen LogP contribution in [0.15, 0.2) is 29.2 Å². The number of benzene rings is 1. The highest BCUT2D eigenvalue weighted by atomic mass is 35.5. The third-order valence-corrected chi connectivity index (χ3v) is 5.73. The summed E-state index contributed by atoms with van der Waals surface area (Å²) in [5.41, 5.74) is 0. The van der Waals surface area contributed by atoms with Gasteiger partial charge in [0.1, 0.15) is 4.90 Å². The van der Waals surface area contributed by atoms with Gasteiger partial charge in [0.15, 0.2) is 0 Å². The first-order chi connectivity index (χ1) is 8.53. The van der Waals surface area contributed by atoms with Gasteiger partial charge in [0.25, 0.3) is 0 Å². The van der Waals surface area contributed by atoms with Gasteiger partial charge in [-0.2, -0.15) is 4.31 Å². The summed E-state index contributed by atoms with van der Waals surface area (Å²) >= 11 is 5.97. The van der Waals surface area contributed by atoms with Crippen LogP contribution in [-0.4, -0.2) is 38.9 Å². The van der Waals surface area contributed by atoms with Crippen LogP contribution >= 0.6 is 24.0 Å². The summed E-state index contributed by atoms with van der Waals surface area (Å²) in [4.78, 5) is 0.188. The molecule has 1 saturated heterocycles. The van der Waals surface area contributed by atoms with Gasteiger partial charge in [-0.05, 0) is 38.1 Å². The molecule has 0 radical (unpaired) electrons. The van der Waals surface area contributed by atoms with Crippen LogP contribution in [0.4, 0.5) is 0 Å². The number of hydrogen-bond acceptors (Lipinski definition) is 3. The Morgan fingerprint density at radius 3 is 2.42 bits per heavy atom. The molecule has 2 rings (SSSR count). The fourth-order valence-electron chi connectivity index (χ4n) is 2.18. The van der Waals surface area contributed by atoms with E-state index in [-0.39, 0.29) is 28.4 Å². The molecule has 7 heteroatoms. The molecule has 1 N–H and O–H groups in total. The minimum atomic E-state index is -3.50. The fraction of sp³-hybridized carbons (Fsp3) is 0.500. The van der Waals surface area contributed by atoms with E-state index in [4.69, 9.17) is 11.6 Å². The van der Waals surface area contributed by atoms with Gasteiger partial charge in [-0.3, -0.25) is 0 Å². The van der Waals surface area contributed by atoms with E-state index in [1.54, 1.807) is 31.3 Å². The fourth-order valence-corrected chi connectivity index (χ4v) is 4.08. The highest BCUT2D eigenvalue weighted by molar-refractivity contribution is 7.89. The summed E-state index contributed by atoms with van der Waals surface area (Å²) < 4.78 is 26.4. The molecule has 0 amide bonds. The van der Waals surface area contributed by atoms with Crippen LogP contribution in [-0.2, 0) is 10.0 Å². The molecular formula is C12H18Cl2N2O2S. The van der Waals surface area contributed by atoms with Crippen LogP contribution in [0.2, 0.25) is 5.02 Å². The molecule has 0 spiro atoms. The average molecular weight is 325 g/mol. The molecule has 1 aromatic carbocycles. The molecule has 0 saturated carbocycles. The van der Waals surface area contributed by atoms with Crippen molar-refractivity contribution in [3.8, 4) is 0 Å². The zero-order valence-corrected chi connectivity index (χ0v) is 13.1. The molecule has 19 heavy (non-hydrogen) atoms. The monoisotopic (exact) mass is 324 g/mol. The maximum Gasteiger partial charge on any atom is 0.244 e. The van der Waals surface area contributed by atoms with Crippen LogP contribution < -0.4 is 5.32 Å². The smallest absolute Gasteiger partial charge is 0.244 e. The normalized spacial score (nSPS) is 17.2. The van der Waals surface area contributed by atoms with Crippen molar-refractivity contribution in [1.29, 1.82) is 0 Å². The lowest BCUT2D eigenvalue weighted by Gasteiger charge is -2.31. The Morgan fingerprint density at radius 2 is 1.84 bits per heavy atom. The van der Waals surface area contributed by atoms with Crippen LogP contribution in [0, 0.1) is 0 Å². The molecule has 0 aliphatic carbocycles. The third kappa shape index (κ3) is 3.61. The van der Waals surface area contributed by atoms with Crippen molar-refractivity contribution in [2.24, 2.45) is 0 Å². The largest absolute Gasteiger partial charge is 0.317 e. The van der Waals surface area contributed by atoms with Gasteiger partial charge in [0.2, 0.25) is 10.0 Å². The van der Waals surface area contributed by atoms with Crippen molar-refractivity contribution in [1.82, 2.24) is 9.62 Å². The summed E-state index contributed by atoms with van der Waals surface area (Å²) in [6, 6.07) is 6.62. The molecule has 0 atom stereocenters. The SMILES string of the molecule is CN(C1CCNCC1)S(=O)(=O)c1ccccc1Cl.Cl. The zero-order valence-electron chi connectivity index (χ0n) is 10.7. The van der Waals surface area contributed by atoms with E-state index in [2.05, 4.69) is 5.32 Å². The number of halogens is 2. The van der Waals surface area contributed by atoms with Crippen molar-refractivity contribution < 1.29 is 8.42 Å². The number of hydrogen-bond donors (Lipinski definition) is 1. The number of nitrogens with one attached hydrogen (secondary N) is 1. The highest BCUT2D eigenvalue weighted by Gasteiger charge is 2.30. The predicted octanol–water partition coefficient (Wildman–Crippen LogP) is 2.13. The van der Waals surface area contributed by atoms with E-state index < -0.39 is 10.0 Å². The lowest BCUT2D eigenvalue weighted by Crippen LogP contribution is -2.43. The van der Waals surface area contributed by atoms with Gasteiger partial charge in [-0.15, -0.1) is 12.4 Å². The molecule has 0 aromatic heterocycles. The molecule has 0 bridgehead atoms. The second-order valence-corrected chi connectivity index (χ2v) is 6.81. The molecule has 108 valence electrons. The van der Waals surface area contributed by atoms with E-state index >= 15 is 0 Å². The lowest BCUT2D eigenvalue weighted by atomic mass is 10.1. The standard InChI is InChI=1S/C12H17ClN2O2S.ClH/c1-15(10-6-8-14-9-7-10)18(16,17)12-5-3-2-4-11(12)13;/h2-5,10,14H,6-9H2,1H3;1H. The summed E-state index contributed by atoms with van der Waals surface area (Å²) in [7, 11) is -1.86. The minimum absolute atomic E-state index is 0. The van der Waals surface area contributed by atoms with Crippen LogP contribution in [0.5, 0.6) is 0 Å². The average Bonchev–Trinajstić information content (AvgIpc) is 2.39. The van der Waals surface area contributed by atoms with Gasteiger partial charge in [0.05, 0.1) is 5.02 Å². The summed E-state index contributed by atoms with van der Waals surface area (Å²) in [6.07, 6.45) is 1.67. The zero-order chi connectivity index (χ0) is 13.2. The summed E-state index contributed by atoms with van der Waals surface area (Å²) in [5.74, 6) is 0. The lowest BCUT2D eigenvalue weighted by molar-refractivity contribution is 0.296. The first-order valence-corrected chi connectivity index (χ1v) is 7.78. The highest BCUT2D eigenvalue weighted by Crippen LogP contribution is 2.26. The molecular weight excluding hydrogens is 307 g/mol. The first kappa shape index (κ1) is 16.7. The van der Waals surface area contributed by atoms with Crippen LogP contribution in [0.3, 0.4) is 0 Å². The van der Waals surface area contributed by atoms with E-state index in [0.29, 0.717) is 0 Å². The number of rotatable bonds is 3. The Bertz CT molecular complexity index is 516. The van der Waals surface area contributed by atoms with Gasteiger partial charge in [0, 0.05) is 13.1 Å². The van der Waals surface area contributed by atoms with E-state index in [1.807, 2.05) is 0 Å². The first-order valence-electron chi connectivity index (χ1n) is 5.97. The molecule has 0 unspecified atom stereocenters. The molecule has 1 heterocycles. The Kier molecular flexibility index (Phi) is 6.08. The number of piperidine rings is 1. The van der Waals surface area contributed by atoms with Gasteiger partial charge < -0.3 is 5.32 Å². The number of nitrogens with zero attached hydrogens (tertiary/aromatic N) is 1. The Labute approximate surface area is 125 Å². The Hall–Kier alpha value is -0.330. The maximum absolute atomic E-state index is 12.5. The van der Waals surface area contributed by atoms with E-state index in [0.717, 1.165) is 25.9 Å². The predicted molar refractivity (Wildman–Crippen MR) is 79.5 cm³/mol. The van der Waals surface area contributed by atoms with Gasteiger partial charge in [-0.1, -0.05) is 23.7 Å². The van der Waals surface area contributed by atoms with Crippen molar-refractivity contribution in [3.05, 3.63) is 29.3 Å². The Morgan fingerprint density at radius 1 is 1.26 bits per heavy atom. The molecule has 4 nitrogen and oxygen atoms in total. The van der Waals surface area contributed by atoms with Crippen LogP contribution in [0.1, 0.15) is 12.8 Å². The molecule has 1 aliphatic heterocycles. The molecule has 1 aromatic rings. The molecule has 1 aliphatic rings. The van der Waals surface area contributed by atoms with Crippen molar-refractivity contribution in [2.45, 2.75) is 23.8 Å². The van der Waals surface area contributed by atoms with Gasteiger partial charge in [-0.25, -0.2) is 8.42 Å². The quantitative estimate of drug-likeness (QED) is 0.926. The summed E-state index contributed by atoms with van der Waals surface area (Å²) in [6.45, 7) is 1.71. The number of sulfonamides is 1. The van der Waals surface area contributed by atoms with Gasteiger partial charge >= 0.3 is 0 Å². The van der Waals surface area contributed by atoms with Crippen molar-refractivity contribution in [3.63, 3.8) is 0 Å². The topological polar surface area (TPSA) is 49.4 Å². The molecule has 1 fully saturated rings.